The zero-order valence-electron chi connectivity index (χ0n) is 13.8. The van der Waals surface area contributed by atoms with Gasteiger partial charge in [-0.3, -0.25) is 0 Å². The second-order valence-corrected chi connectivity index (χ2v) is 13.8. The molecule has 3 aromatic rings. The van der Waals surface area contributed by atoms with Crippen LogP contribution in [0, 0.1) is 0 Å². The van der Waals surface area contributed by atoms with Crippen LogP contribution in [0.4, 0.5) is 0 Å². The lowest BCUT2D eigenvalue weighted by atomic mass is 10.2. The van der Waals surface area contributed by atoms with Gasteiger partial charge in [0.05, 0.1) is 14.7 Å². The lowest BCUT2D eigenvalue weighted by Crippen LogP contribution is -2.00. The first-order chi connectivity index (χ1) is 13.0. The molecule has 0 amide bonds. The Balaban J connectivity index is 1.81. The van der Waals surface area contributed by atoms with E-state index in [1.807, 2.05) is 66.7 Å². The van der Waals surface area contributed by atoms with Crippen molar-refractivity contribution in [2.75, 3.05) is 0 Å². The van der Waals surface area contributed by atoms with Crippen LogP contribution in [-0.4, -0.2) is 8.39 Å². The quantitative estimate of drug-likeness (QED) is 0.265. The van der Waals surface area contributed by atoms with Gasteiger partial charge in [0, 0.05) is 10.0 Å². The highest BCUT2D eigenvalue weighted by molar-refractivity contribution is 8.97. The van der Waals surface area contributed by atoms with E-state index in [-0.39, 0.29) is 0 Å². The van der Waals surface area contributed by atoms with E-state index < -0.39 is 6.33 Å². The maximum atomic E-state index is 5.99. The van der Waals surface area contributed by atoms with Crippen LogP contribution in [0.25, 0.3) is 0 Å². The number of thiocarbonyl (C=S) groups is 2. The first-order valence-electron chi connectivity index (χ1n) is 7.84. The summed E-state index contributed by atoms with van der Waals surface area (Å²) in [6.07, 6.45) is -0.712. The van der Waals surface area contributed by atoms with Gasteiger partial charge < -0.3 is 0 Å². The van der Waals surface area contributed by atoms with Gasteiger partial charge in [-0.1, -0.05) is 125 Å². The van der Waals surface area contributed by atoms with Crippen LogP contribution in [0.5, 0.6) is 0 Å². The molecule has 0 spiro atoms. The van der Waals surface area contributed by atoms with Crippen LogP contribution in [0.3, 0.4) is 0 Å². The molecule has 0 heterocycles. The summed E-state index contributed by atoms with van der Waals surface area (Å²) in [6, 6.07) is 25.6. The molecule has 0 saturated carbocycles. The van der Waals surface area contributed by atoms with Crippen molar-refractivity contribution in [2.45, 2.75) is 0 Å². The van der Waals surface area contributed by atoms with Gasteiger partial charge in [0.25, 0.3) is 0 Å². The molecule has 0 atom stereocenters. The van der Waals surface area contributed by atoms with Crippen molar-refractivity contribution in [1.29, 1.82) is 0 Å². The lowest BCUT2D eigenvalue weighted by molar-refractivity contribution is 1.68. The van der Waals surface area contributed by atoms with E-state index in [0.29, 0.717) is 10.0 Å². The third-order valence-electron chi connectivity index (χ3n) is 3.46. The Morgan fingerprint density at radius 3 is 1.44 bits per heavy atom. The number of halogens is 2. The average molecular weight is 483 g/mol. The summed E-state index contributed by atoms with van der Waals surface area (Å²) in [6.45, 7) is 0. The van der Waals surface area contributed by atoms with Crippen LogP contribution in [0.1, 0.15) is 11.1 Å². The first kappa shape index (κ1) is 21.3. The van der Waals surface area contributed by atoms with Gasteiger partial charge in [0.15, 0.2) is 0 Å². The van der Waals surface area contributed by atoms with Crippen molar-refractivity contribution in [3.05, 3.63) is 100 Å². The normalized spacial score (nSPS) is 10.8. The molecule has 0 radical (unpaired) electrons. The Kier molecular flexibility index (Phi) is 8.16. The van der Waals surface area contributed by atoms with Crippen LogP contribution < -0.4 is 5.30 Å². The minimum atomic E-state index is -0.712. The van der Waals surface area contributed by atoms with Gasteiger partial charge >= 0.3 is 0 Å². The van der Waals surface area contributed by atoms with Crippen molar-refractivity contribution < 1.29 is 0 Å². The molecule has 136 valence electrons. The first-order valence-corrected chi connectivity index (χ1v) is 13.6. The molecular weight excluding hydrogens is 470 g/mol. The molecule has 3 rings (SSSR count). The zero-order valence-corrected chi connectivity index (χ0v) is 19.5. The average Bonchev–Trinajstić information content (AvgIpc) is 2.69. The van der Waals surface area contributed by atoms with E-state index in [9.17, 15) is 0 Å². The standard InChI is InChI=1S/C20H13Cl2PS4/c21-16-10-6-14(7-11-16)19(24)26-23(18-4-2-1-3-5-18)27-20(25)15-8-12-17(22)13-9-15/h1-13H. The smallest absolute Gasteiger partial charge is 0.0831 e. The summed E-state index contributed by atoms with van der Waals surface area (Å²) in [7, 11) is 0. The minimum absolute atomic E-state index is 0.704. The fourth-order valence-corrected chi connectivity index (χ4v) is 11.0. The fraction of sp³-hybridized carbons (Fsp3) is 0. The summed E-state index contributed by atoms with van der Waals surface area (Å²) in [5, 5.41) is 2.64. The molecule has 0 aliphatic heterocycles. The van der Waals surface area contributed by atoms with Crippen molar-refractivity contribution in [3.8, 4) is 0 Å². The molecule has 7 heteroatoms. The molecule has 0 saturated heterocycles. The van der Waals surface area contributed by atoms with Crippen molar-refractivity contribution in [2.24, 2.45) is 0 Å². The summed E-state index contributed by atoms with van der Waals surface area (Å²) >= 11 is 26.7. The highest BCUT2D eigenvalue weighted by Gasteiger charge is 2.19. The van der Waals surface area contributed by atoms with Gasteiger partial charge in [-0.15, -0.1) is 0 Å². The third kappa shape index (κ3) is 6.27. The van der Waals surface area contributed by atoms with Crippen LogP contribution >= 0.6 is 76.7 Å². The Labute approximate surface area is 189 Å². The number of hydrogen-bond acceptors (Lipinski definition) is 4. The fourth-order valence-electron chi connectivity index (χ4n) is 2.10. The topological polar surface area (TPSA) is 0 Å². The van der Waals surface area contributed by atoms with Crippen molar-refractivity contribution in [3.63, 3.8) is 0 Å². The van der Waals surface area contributed by atoms with Crippen molar-refractivity contribution >= 4 is 90.4 Å². The van der Waals surface area contributed by atoms with E-state index in [1.165, 1.54) is 5.30 Å². The van der Waals surface area contributed by atoms with Crippen LogP contribution in [0.15, 0.2) is 78.9 Å². The van der Waals surface area contributed by atoms with Crippen molar-refractivity contribution in [1.82, 2.24) is 0 Å². The molecule has 0 aliphatic carbocycles. The second-order valence-electron chi connectivity index (χ2n) is 5.36. The largest absolute Gasteiger partial charge is 0.0843 e. The maximum Gasteiger partial charge on any atom is 0.0831 e. The predicted molar refractivity (Wildman–Crippen MR) is 134 cm³/mol. The molecule has 27 heavy (non-hydrogen) atoms. The molecule has 0 nitrogen and oxygen atoms in total. The second kappa shape index (κ2) is 10.4. The molecule has 0 fully saturated rings. The van der Waals surface area contributed by atoms with Crippen LogP contribution in [-0.2, 0) is 0 Å². The van der Waals surface area contributed by atoms with Gasteiger partial charge in [-0.25, -0.2) is 0 Å². The van der Waals surface area contributed by atoms with Crippen LogP contribution in [0.2, 0.25) is 10.0 Å². The van der Waals surface area contributed by atoms with E-state index in [4.69, 9.17) is 47.6 Å². The Morgan fingerprint density at radius 2 is 1.04 bits per heavy atom. The molecule has 0 bridgehead atoms. The minimum Gasteiger partial charge on any atom is -0.0843 e. The summed E-state index contributed by atoms with van der Waals surface area (Å²) in [5.74, 6) is 0. The zero-order chi connectivity index (χ0) is 19.2. The van der Waals surface area contributed by atoms with Gasteiger partial charge in [-0.05, 0) is 40.7 Å². The monoisotopic (exact) mass is 482 g/mol. The molecule has 0 aromatic heterocycles. The molecule has 0 unspecified atom stereocenters. The highest BCUT2D eigenvalue weighted by Crippen LogP contribution is 2.62. The van der Waals surface area contributed by atoms with Gasteiger partial charge in [-0.2, -0.15) is 0 Å². The van der Waals surface area contributed by atoms with E-state index in [0.717, 1.165) is 19.5 Å². The SMILES string of the molecule is S=C(SP(SC(=S)c1ccc(Cl)cc1)c1ccccc1)c1ccc(Cl)cc1. The lowest BCUT2D eigenvalue weighted by Gasteiger charge is -2.17. The molecular formula is C20H13Cl2PS4. The summed E-state index contributed by atoms with van der Waals surface area (Å²) < 4.78 is 1.68. The molecule has 0 aliphatic rings. The predicted octanol–water partition coefficient (Wildman–Crippen LogP) is 8.15. The Bertz CT molecular complexity index is 869. The van der Waals surface area contributed by atoms with Gasteiger partial charge in [0.2, 0.25) is 0 Å². The number of rotatable bonds is 5. The number of hydrogen-bond donors (Lipinski definition) is 0. The van der Waals surface area contributed by atoms with Gasteiger partial charge in [0.1, 0.15) is 0 Å². The van der Waals surface area contributed by atoms with E-state index in [2.05, 4.69) is 12.1 Å². The number of benzene rings is 3. The summed E-state index contributed by atoms with van der Waals surface area (Å²) in [4.78, 5) is 0. The molecule has 3 aromatic carbocycles. The van der Waals surface area contributed by atoms with E-state index >= 15 is 0 Å². The van der Waals surface area contributed by atoms with E-state index in [1.54, 1.807) is 22.8 Å². The maximum absolute atomic E-state index is 5.99. The highest BCUT2D eigenvalue weighted by atomic mass is 35.5. The third-order valence-corrected chi connectivity index (χ3v) is 12.2. The summed E-state index contributed by atoms with van der Waals surface area (Å²) in [5.41, 5.74) is 2.00. The Morgan fingerprint density at radius 1 is 0.630 bits per heavy atom. The Hall–Kier alpha value is -0.450. The molecule has 0 N–H and O–H groups in total.